The van der Waals surface area contributed by atoms with Crippen LogP contribution in [-0.4, -0.2) is 60.2 Å². The molecule has 0 spiro atoms. The Morgan fingerprint density at radius 3 is 1.30 bits per heavy atom. The number of hydrogen-bond donors (Lipinski definition) is 3. The topological polar surface area (TPSA) is 93.1 Å². The fraction of sp³-hybridized carbons (Fsp3) is 0.316. The summed E-state index contributed by atoms with van der Waals surface area (Å²) < 4.78 is 30.1. The van der Waals surface area contributed by atoms with Gasteiger partial charge in [-0.1, -0.05) is 12.1 Å². The number of nitrogens with one attached hydrogen (secondary N) is 1. The van der Waals surface area contributed by atoms with Crippen LogP contribution in [0.2, 0.25) is 0 Å². The van der Waals surface area contributed by atoms with Gasteiger partial charge in [0.05, 0.1) is 23.6 Å². The van der Waals surface area contributed by atoms with E-state index in [-0.39, 0.29) is 48.0 Å². The summed E-state index contributed by atoms with van der Waals surface area (Å²) in [7, 11) is 0. The van der Waals surface area contributed by atoms with Crippen molar-refractivity contribution < 1.29 is 28.6 Å². The molecule has 0 radical (unpaired) electrons. The molecule has 0 aromatic heterocycles. The van der Waals surface area contributed by atoms with Gasteiger partial charge in [0.1, 0.15) is 11.6 Å². The Labute approximate surface area is 273 Å². The number of carbonyl (C=O) groups is 2. The lowest BCUT2D eigenvalue weighted by Gasteiger charge is -2.31. The molecular weight excluding hydrogens is 600 g/mol. The minimum atomic E-state index is -0.610. The first-order valence-electron chi connectivity index (χ1n) is 16.2. The molecule has 2 heterocycles. The van der Waals surface area contributed by atoms with Crippen molar-refractivity contribution in [2.24, 2.45) is 0 Å². The third-order valence-corrected chi connectivity index (χ3v) is 9.10. The third kappa shape index (κ3) is 8.04. The number of rotatable bonds is 10. The Morgan fingerprint density at radius 2 is 0.957 bits per heavy atom. The summed E-state index contributed by atoms with van der Waals surface area (Å²) in [6, 6.07) is 23.5. The number of ketones is 2. The lowest BCUT2D eigenvalue weighted by atomic mass is 10.0. The highest BCUT2D eigenvalue weighted by molar-refractivity contribution is 5.98. The molecule has 0 bridgehead atoms. The van der Waals surface area contributed by atoms with E-state index in [0.29, 0.717) is 22.3 Å². The molecule has 4 aromatic rings. The molecule has 0 atom stereocenters. The summed E-state index contributed by atoms with van der Waals surface area (Å²) in [5.74, 6) is -1.50. The van der Waals surface area contributed by atoms with Gasteiger partial charge in [-0.2, -0.15) is 0 Å². The molecule has 0 unspecified atom stereocenters. The standard InChI is InChI=1S/C38H39F2N3O4/c39-33-21-25(23-37(46)27-3-7-29(8-4-27)42-17-13-31(44)14-18-42)1-11-35(33)41-36-12-2-26(22-34(36)40)24-38(47)28-5-9-30(10-6-28)43-19-15-32(45)16-20-43/h1-12,21-22,31-32,41,44-45H,13-20,23-24H2. The zero-order valence-electron chi connectivity index (χ0n) is 26.2. The molecule has 2 aliphatic rings. The van der Waals surface area contributed by atoms with E-state index in [4.69, 9.17) is 0 Å². The van der Waals surface area contributed by atoms with Crippen molar-refractivity contribution in [3.8, 4) is 0 Å². The van der Waals surface area contributed by atoms with Gasteiger partial charge in [0, 0.05) is 61.5 Å². The number of aliphatic hydroxyl groups is 2. The van der Waals surface area contributed by atoms with Gasteiger partial charge in [-0.05, 0) is 110 Å². The number of halogens is 2. The van der Waals surface area contributed by atoms with E-state index in [0.717, 1.165) is 63.2 Å². The van der Waals surface area contributed by atoms with Crippen molar-refractivity contribution in [3.05, 3.63) is 119 Å². The summed E-state index contributed by atoms with van der Waals surface area (Å²) in [6.45, 7) is 3.07. The number of Topliss-reactive ketones (excluding diaryl/α,β-unsaturated/α-hetero) is 2. The second-order valence-electron chi connectivity index (χ2n) is 12.5. The van der Waals surface area contributed by atoms with Crippen LogP contribution >= 0.6 is 0 Å². The predicted octanol–water partition coefficient (Wildman–Crippen LogP) is 6.48. The minimum absolute atomic E-state index is 0.0225. The molecule has 244 valence electrons. The fourth-order valence-electron chi connectivity index (χ4n) is 6.22. The molecule has 0 amide bonds. The van der Waals surface area contributed by atoms with E-state index < -0.39 is 11.6 Å². The maximum absolute atomic E-state index is 15.0. The molecule has 7 nitrogen and oxygen atoms in total. The van der Waals surface area contributed by atoms with Crippen LogP contribution in [0.3, 0.4) is 0 Å². The number of anilines is 4. The summed E-state index contributed by atoms with van der Waals surface area (Å²) in [4.78, 5) is 30.2. The Balaban J connectivity index is 1.03. The quantitative estimate of drug-likeness (QED) is 0.171. The third-order valence-electron chi connectivity index (χ3n) is 9.10. The number of piperidine rings is 2. The van der Waals surface area contributed by atoms with Gasteiger partial charge in [0.25, 0.3) is 0 Å². The largest absolute Gasteiger partial charge is 0.393 e. The summed E-state index contributed by atoms with van der Waals surface area (Å²) in [5.41, 5.74) is 4.22. The highest BCUT2D eigenvalue weighted by Crippen LogP contribution is 2.27. The van der Waals surface area contributed by atoms with Crippen LogP contribution in [0.5, 0.6) is 0 Å². The molecule has 4 aromatic carbocycles. The van der Waals surface area contributed by atoms with Crippen molar-refractivity contribution in [3.63, 3.8) is 0 Å². The highest BCUT2D eigenvalue weighted by Gasteiger charge is 2.19. The smallest absolute Gasteiger partial charge is 0.167 e. The van der Waals surface area contributed by atoms with E-state index in [1.54, 1.807) is 36.4 Å². The number of benzene rings is 4. The van der Waals surface area contributed by atoms with E-state index in [1.165, 1.54) is 24.3 Å². The monoisotopic (exact) mass is 639 g/mol. The Bertz CT molecular complexity index is 1590. The summed E-state index contributed by atoms with van der Waals surface area (Å²) in [5, 5.41) is 22.2. The van der Waals surface area contributed by atoms with Crippen LogP contribution in [-0.2, 0) is 12.8 Å². The molecule has 47 heavy (non-hydrogen) atoms. The molecule has 0 aliphatic carbocycles. The van der Waals surface area contributed by atoms with Gasteiger partial charge in [-0.15, -0.1) is 0 Å². The summed E-state index contributed by atoms with van der Waals surface area (Å²) >= 11 is 0. The second kappa shape index (κ2) is 14.4. The lowest BCUT2D eigenvalue weighted by Crippen LogP contribution is -2.35. The highest BCUT2D eigenvalue weighted by atomic mass is 19.1. The molecular formula is C38H39F2N3O4. The number of nitrogens with zero attached hydrogens (tertiary/aromatic N) is 2. The molecule has 2 fully saturated rings. The fourth-order valence-corrected chi connectivity index (χ4v) is 6.22. The molecule has 2 saturated heterocycles. The number of aliphatic hydroxyl groups excluding tert-OH is 2. The van der Waals surface area contributed by atoms with Crippen LogP contribution in [0.25, 0.3) is 0 Å². The van der Waals surface area contributed by atoms with Crippen LogP contribution < -0.4 is 15.1 Å². The zero-order valence-corrected chi connectivity index (χ0v) is 26.2. The molecule has 2 aliphatic heterocycles. The first-order chi connectivity index (χ1) is 22.7. The molecule has 0 saturated carbocycles. The maximum atomic E-state index is 15.0. The van der Waals surface area contributed by atoms with E-state index in [1.807, 2.05) is 24.3 Å². The van der Waals surface area contributed by atoms with E-state index in [2.05, 4.69) is 15.1 Å². The van der Waals surface area contributed by atoms with Gasteiger partial charge in [-0.25, -0.2) is 8.78 Å². The van der Waals surface area contributed by atoms with Crippen molar-refractivity contribution in [2.75, 3.05) is 41.3 Å². The average molecular weight is 640 g/mol. The first kappa shape index (κ1) is 32.3. The number of hydrogen-bond acceptors (Lipinski definition) is 7. The van der Waals surface area contributed by atoms with Crippen molar-refractivity contribution >= 4 is 34.3 Å². The van der Waals surface area contributed by atoms with Crippen molar-refractivity contribution in [1.82, 2.24) is 0 Å². The van der Waals surface area contributed by atoms with Crippen LogP contribution in [0, 0.1) is 11.6 Å². The van der Waals surface area contributed by atoms with E-state index in [9.17, 15) is 19.8 Å². The molecule has 9 heteroatoms. The Kier molecular flexibility index (Phi) is 9.94. The van der Waals surface area contributed by atoms with Gasteiger partial charge in [0.2, 0.25) is 0 Å². The molecule has 6 rings (SSSR count). The van der Waals surface area contributed by atoms with Crippen molar-refractivity contribution in [1.29, 1.82) is 0 Å². The molecule has 3 N–H and O–H groups in total. The van der Waals surface area contributed by atoms with Crippen LogP contribution in [0.1, 0.15) is 57.5 Å². The Hall–Kier alpha value is -4.60. The van der Waals surface area contributed by atoms with Gasteiger partial charge in [-0.3, -0.25) is 9.59 Å². The van der Waals surface area contributed by atoms with Gasteiger partial charge in [0.15, 0.2) is 11.6 Å². The second-order valence-corrected chi connectivity index (χ2v) is 12.5. The predicted molar refractivity (Wildman–Crippen MR) is 180 cm³/mol. The van der Waals surface area contributed by atoms with Crippen molar-refractivity contribution in [2.45, 2.75) is 50.7 Å². The van der Waals surface area contributed by atoms with E-state index >= 15 is 8.78 Å². The first-order valence-corrected chi connectivity index (χ1v) is 16.2. The maximum Gasteiger partial charge on any atom is 0.167 e. The Morgan fingerprint density at radius 1 is 0.596 bits per heavy atom. The minimum Gasteiger partial charge on any atom is -0.393 e. The number of carbonyl (C=O) groups excluding carboxylic acids is 2. The normalized spacial score (nSPS) is 15.9. The lowest BCUT2D eigenvalue weighted by molar-refractivity contribution is 0.0984. The summed E-state index contributed by atoms with van der Waals surface area (Å²) in [6.07, 6.45) is 2.42. The SMILES string of the molecule is O=C(Cc1ccc(Nc2ccc(CC(=O)c3ccc(N4CCC(O)CC4)cc3)cc2F)c(F)c1)c1ccc(N2CCC(O)CC2)cc1. The van der Waals surface area contributed by atoms with Crippen LogP contribution in [0.15, 0.2) is 84.9 Å². The average Bonchev–Trinajstić information content (AvgIpc) is 3.08. The van der Waals surface area contributed by atoms with Gasteiger partial charge < -0.3 is 25.3 Å². The van der Waals surface area contributed by atoms with Crippen LogP contribution in [0.4, 0.5) is 31.5 Å². The zero-order chi connectivity index (χ0) is 32.9. The van der Waals surface area contributed by atoms with Gasteiger partial charge >= 0.3 is 0 Å².